The van der Waals surface area contributed by atoms with Crippen LogP contribution in [0.25, 0.3) is 0 Å². The van der Waals surface area contributed by atoms with Crippen LogP contribution in [0, 0.1) is 0 Å². The summed E-state index contributed by atoms with van der Waals surface area (Å²) in [5.41, 5.74) is 0.870. The Bertz CT molecular complexity index is 483. The average Bonchev–Trinajstić information content (AvgIpc) is 2.86. The molecule has 4 heteroatoms. The summed E-state index contributed by atoms with van der Waals surface area (Å²) in [7, 11) is 0. The van der Waals surface area contributed by atoms with Crippen molar-refractivity contribution in [2.45, 2.75) is 31.2 Å². The normalized spacial score (nSPS) is 21.8. The third kappa shape index (κ3) is 2.63. The highest BCUT2D eigenvalue weighted by Crippen LogP contribution is 2.32. The SMILES string of the molecule is O=C(c1cccc(Cl)c1)N1CCNC2(CCCC2)C1. The van der Waals surface area contributed by atoms with Crippen molar-refractivity contribution in [2.24, 2.45) is 0 Å². The Hall–Kier alpha value is -1.06. The highest BCUT2D eigenvalue weighted by Gasteiger charge is 2.39. The quantitative estimate of drug-likeness (QED) is 0.857. The van der Waals surface area contributed by atoms with E-state index in [4.69, 9.17) is 11.6 Å². The molecule has 1 aromatic rings. The zero-order valence-electron chi connectivity index (χ0n) is 11.0. The molecule has 0 aromatic heterocycles. The Morgan fingerprint density at radius 1 is 1.32 bits per heavy atom. The maximum atomic E-state index is 12.5. The molecule has 1 aliphatic carbocycles. The van der Waals surface area contributed by atoms with E-state index in [1.807, 2.05) is 17.0 Å². The molecule has 1 saturated heterocycles. The first-order valence-electron chi connectivity index (χ1n) is 6.98. The molecule has 1 spiro atoms. The van der Waals surface area contributed by atoms with Gasteiger partial charge in [-0.05, 0) is 31.0 Å². The molecular formula is C15H19ClN2O. The fourth-order valence-electron chi connectivity index (χ4n) is 3.32. The number of rotatable bonds is 1. The lowest BCUT2D eigenvalue weighted by Crippen LogP contribution is -2.60. The first-order chi connectivity index (χ1) is 9.19. The monoisotopic (exact) mass is 278 g/mol. The van der Waals surface area contributed by atoms with Crippen LogP contribution < -0.4 is 5.32 Å². The third-order valence-corrected chi connectivity index (χ3v) is 4.53. The van der Waals surface area contributed by atoms with Gasteiger partial charge in [-0.15, -0.1) is 0 Å². The number of nitrogens with zero attached hydrogens (tertiary/aromatic N) is 1. The summed E-state index contributed by atoms with van der Waals surface area (Å²) in [6.45, 7) is 2.51. The maximum absolute atomic E-state index is 12.5. The lowest BCUT2D eigenvalue weighted by Gasteiger charge is -2.41. The summed E-state index contributed by atoms with van der Waals surface area (Å²) in [6, 6.07) is 7.24. The molecule has 1 saturated carbocycles. The fourth-order valence-corrected chi connectivity index (χ4v) is 3.51. The fraction of sp³-hybridized carbons (Fsp3) is 0.533. The lowest BCUT2D eigenvalue weighted by molar-refractivity contribution is 0.0624. The predicted molar refractivity (Wildman–Crippen MR) is 76.6 cm³/mol. The molecule has 2 aliphatic rings. The van der Waals surface area contributed by atoms with Gasteiger partial charge >= 0.3 is 0 Å². The van der Waals surface area contributed by atoms with Gasteiger partial charge in [0.2, 0.25) is 0 Å². The molecule has 19 heavy (non-hydrogen) atoms. The van der Waals surface area contributed by atoms with Crippen LogP contribution in [0.2, 0.25) is 5.02 Å². The molecule has 1 heterocycles. The van der Waals surface area contributed by atoms with E-state index in [9.17, 15) is 4.79 Å². The lowest BCUT2D eigenvalue weighted by atomic mass is 9.94. The van der Waals surface area contributed by atoms with E-state index in [1.165, 1.54) is 25.7 Å². The smallest absolute Gasteiger partial charge is 0.254 e. The number of nitrogens with one attached hydrogen (secondary N) is 1. The van der Waals surface area contributed by atoms with Crippen LogP contribution in [0.3, 0.4) is 0 Å². The topological polar surface area (TPSA) is 32.3 Å². The van der Waals surface area contributed by atoms with E-state index < -0.39 is 0 Å². The molecule has 0 atom stereocenters. The van der Waals surface area contributed by atoms with E-state index in [0.717, 1.165) is 19.6 Å². The standard InChI is InChI=1S/C15H19ClN2O/c16-13-5-3-4-12(10-13)14(19)18-9-8-17-15(11-18)6-1-2-7-15/h3-5,10,17H,1-2,6-9,11H2. The molecule has 1 N–H and O–H groups in total. The van der Waals surface area contributed by atoms with Gasteiger partial charge in [0.15, 0.2) is 0 Å². The Balaban J connectivity index is 1.76. The number of hydrogen-bond donors (Lipinski definition) is 1. The minimum absolute atomic E-state index is 0.107. The second-order valence-corrected chi connectivity index (χ2v) is 6.09. The van der Waals surface area contributed by atoms with Crippen LogP contribution in [0.1, 0.15) is 36.0 Å². The number of carbonyl (C=O) groups excluding carboxylic acids is 1. The van der Waals surface area contributed by atoms with Gasteiger partial charge < -0.3 is 10.2 Å². The molecule has 0 unspecified atom stereocenters. The molecule has 3 rings (SSSR count). The maximum Gasteiger partial charge on any atom is 0.254 e. The number of piperazine rings is 1. The second-order valence-electron chi connectivity index (χ2n) is 5.65. The van der Waals surface area contributed by atoms with Crippen molar-refractivity contribution in [3.8, 4) is 0 Å². The number of benzene rings is 1. The van der Waals surface area contributed by atoms with Crippen molar-refractivity contribution in [1.29, 1.82) is 0 Å². The Kier molecular flexibility index (Phi) is 3.50. The van der Waals surface area contributed by atoms with Gasteiger partial charge in [0, 0.05) is 35.8 Å². The summed E-state index contributed by atoms with van der Waals surface area (Å²) in [4.78, 5) is 14.5. The number of amides is 1. The van der Waals surface area contributed by atoms with Gasteiger partial charge in [-0.3, -0.25) is 4.79 Å². The van der Waals surface area contributed by atoms with E-state index in [-0.39, 0.29) is 11.4 Å². The van der Waals surface area contributed by atoms with Gasteiger partial charge in [-0.25, -0.2) is 0 Å². The summed E-state index contributed by atoms with van der Waals surface area (Å²) >= 11 is 5.97. The van der Waals surface area contributed by atoms with Gasteiger partial charge in [0.25, 0.3) is 5.91 Å². The van der Waals surface area contributed by atoms with Crippen molar-refractivity contribution in [2.75, 3.05) is 19.6 Å². The molecule has 0 radical (unpaired) electrons. The van der Waals surface area contributed by atoms with E-state index in [1.54, 1.807) is 12.1 Å². The Labute approximate surface area is 118 Å². The minimum atomic E-state index is 0.107. The van der Waals surface area contributed by atoms with Crippen molar-refractivity contribution < 1.29 is 4.79 Å². The van der Waals surface area contributed by atoms with Crippen LogP contribution in [0.5, 0.6) is 0 Å². The summed E-state index contributed by atoms with van der Waals surface area (Å²) in [5.74, 6) is 0.107. The van der Waals surface area contributed by atoms with Gasteiger partial charge in [-0.1, -0.05) is 30.5 Å². The van der Waals surface area contributed by atoms with E-state index in [2.05, 4.69) is 5.32 Å². The zero-order chi connectivity index (χ0) is 13.3. The first-order valence-corrected chi connectivity index (χ1v) is 7.36. The van der Waals surface area contributed by atoms with Gasteiger partial charge in [0.05, 0.1) is 0 Å². The van der Waals surface area contributed by atoms with Crippen molar-refractivity contribution in [3.63, 3.8) is 0 Å². The average molecular weight is 279 g/mol. The number of halogens is 1. The molecular weight excluding hydrogens is 260 g/mol. The molecule has 1 aromatic carbocycles. The predicted octanol–water partition coefficient (Wildman–Crippen LogP) is 2.70. The van der Waals surface area contributed by atoms with Crippen LogP contribution in [-0.4, -0.2) is 36.0 Å². The van der Waals surface area contributed by atoms with E-state index in [0.29, 0.717) is 10.6 Å². The highest BCUT2D eigenvalue weighted by molar-refractivity contribution is 6.30. The van der Waals surface area contributed by atoms with Crippen molar-refractivity contribution in [1.82, 2.24) is 10.2 Å². The zero-order valence-corrected chi connectivity index (χ0v) is 11.7. The van der Waals surface area contributed by atoms with Crippen LogP contribution in [-0.2, 0) is 0 Å². The highest BCUT2D eigenvalue weighted by atomic mass is 35.5. The summed E-state index contributed by atoms with van der Waals surface area (Å²) < 4.78 is 0. The van der Waals surface area contributed by atoms with Crippen LogP contribution >= 0.6 is 11.6 Å². The largest absolute Gasteiger partial charge is 0.336 e. The van der Waals surface area contributed by atoms with Crippen molar-refractivity contribution in [3.05, 3.63) is 34.9 Å². The molecule has 2 fully saturated rings. The summed E-state index contributed by atoms with van der Waals surface area (Å²) in [5, 5.41) is 4.24. The van der Waals surface area contributed by atoms with Gasteiger partial charge in [-0.2, -0.15) is 0 Å². The van der Waals surface area contributed by atoms with E-state index >= 15 is 0 Å². The Morgan fingerprint density at radius 2 is 2.11 bits per heavy atom. The summed E-state index contributed by atoms with van der Waals surface area (Å²) in [6.07, 6.45) is 4.91. The molecule has 3 nitrogen and oxygen atoms in total. The van der Waals surface area contributed by atoms with Crippen LogP contribution in [0.15, 0.2) is 24.3 Å². The van der Waals surface area contributed by atoms with Crippen LogP contribution in [0.4, 0.5) is 0 Å². The molecule has 1 amide bonds. The number of hydrogen-bond acceptors (Lipinski definition) is 2. The number of carbonyl (C=O) groups is 1. The minimum Gasteiger partial charge on any atom is -0.336 e. The van der Waals surface area contributed by atoms with Gasteiger partial charge in [0.1, 0.15) is 0 Å². The first kappa shape index (κ1) is 12.9. The molecule has 102 valence electrons. The second kappa shape index (κ2) is 5.14. The Morgan fingerprint density at radius 3 is 2.84 bits per heavy atom. The third-order valence-electron chi connectivity index (χ3n) is 4.29. The molecule has 1 aliphatic heterocycles. The molecule has 0 bridgehead atoms. The van der Waals surface area contributed by atoms with Crippen molar-refractivity contribution >= 4 is 17.5 Å².